The normalized spacial score (nSPS) is 12.1. The van der Waals surface area contributed by atoms with Crippen molar-refractivity contribution >= 4 is 43.0 Å². The Morgan fingerprint density at radius 1 is 1.17 bits per heavy atom. The molecule has 0 bridgehead atoms. The highest BCUT2D eigenvalue weighted by atomic mass is 35.5. The zero-order valence-corrected chi connectivity index (χ0v) is 15.0. The number of primary sulfonamides is 1. The summed E-state index contributed by atoms with van der Waals surface area (Å²) in [5.41, 5.74) is 0.646. The molecule has 0 saturated carbocycles. The number of nitrogens with zero attached hydrogens (tertiary/aromatic N) is 2. The van der Waals surface area contributed by atoms with Crippen molar-refractivity contribution in [2.45, 2.75) is 17.6 Å². The van der Waals surface area contributed by atoms with Gasteiger partial charge in [-0.15, -0.1) is 0 Å². The Bertz CT molecular complexity index is 962. The Kier molecular flexibility index (Phi) is 5.43. The zero-order chi connectivity index (χ0) is 18.0. The van der Waals surface area contributed by atoms with Gasteiger partial charge >= 0.3 is 0 Å². The van der Waals surface area contributed by atoms with Crippen LogP contribution in [0.5, 0.6) is 0 Å². The minimum atomic E-state index is -3.94. The number of hydrogen-bond donors (Lipinski definition) is 2. The number of nitrogens with one attached hydrogen (secondary N) is 1. The minimum Gasteiger partial charge on any atom is -0.340 e. The van der Waals surface area contributed by atoms with Crippen LogP contribution in [0.3, 0.4) is 0 Å². The molecule has 8 nitrogen and oxygen atoms in total. The molecular formula is C13H15ClN4O4S2. The van der Waals surface area contributed by atoms with E-state index in [1.54, 1.807) is 0 Å². The quantitative estimate of drug-likeness (QED) is 0.713. The maximum atomic E-state index is 11.9. The lowest BCUT2D eigenvalue weighted by atomic mass is 10.2. The Morgan fingerprint density at radius 2 is 1.88 bits per heavy atom. The maximum absolute atomic E-state index is 11.9. The number of halogens is 1. The molecule has 0 aliphatic rings. The zero-order valence-electron chi connectivity index (χ0n) is 12.6. The molecule has 3 N–H and O–H groups in total. The lowest BCUT2D eigenvalue weighted by molar-refractivity contribution is 0.596. The van der Waals surface area contributed by atoms with Crippen molar-refractivity contribution in [3.8, 4) is 0 Å². The molecule has 1 aromatic carbocycles. The second kappa shape index (κ2) is 7.01. The van der Waals surface area contributed by atoms with Crippen LogP contribution < -0.4 is 10.5 Å². The van der Waals surface area contributed by atoms with Gasteiger partial charge in [0.25, 0.3) is 0 Å². The molecule has 1 heterocycles. The van der Waals surface area contributed by atoms with Gasteiger partial charge in [-0.3, -0.25) is 0 Å². The van der Waals surface area contributed by atoms with Crippen molar-refractivity contribution in [3.63, 3.8) is 0 Å². The summed E-state index contributed by atoms with van der Waals surface area (Å²) in [4.78, 5) is 7.53. The van der Waals surface area contributed by atoms with Gasteiger partial charge in [0, 0.05) is 17.5 Å². The Balaban J connectivity index is 2.51. The lowest BCUT2D eigenvalue weighted by Gasteiger charge is -2.13. The Morgan fingerprint density at radius 3 is 2.46 bits per heavy atom. The summed E-state index contributed by atoms with van der Waals surface area (Å²) in [6.45, 7) is 1.53. The number of anilines is 2. The molecule has 0 radical (unpaired) electrons. The summed E-state index contributed by atoms with van der Waals surface area (Å²) in [5.74, 6) is -0.00476. The molecule has 1 aromatic heterocycles. The van der Waals surface area contributed by atoms with Gasteiger partial charge in [-0.2, -0.15) is 0 Å². The van der Waals surface area contributed by atoms with Crippen molar-refractivity contribution in [1.29, 1.82) is 0 Å². The Hall–Kier alpha value is -1.75. The summed E-state index contributed by atoms with van der Waals surface area (Å²) in [6.07, 6.45) is 1.22. The maximum Gasteiger partial charge on any atom is 0.238 e. The second-order valence-electron chi connectivity index (χ2n) is 4.89. The third-order valence-corrected chi connectivity index (χ3v) is 5.87. The smallest absolute Gasteiger partial charge is 0.238 e. The van der Waals surface area contributed by atoms with Gasteiger partial charge in [0.1, 0.15) is 17.3 Å². The second-order valence-corrected chi connectivity index (χ2v) is 9.19. The van der Waals surface area contributed by atoms with Gasteiger partial charge in [0.2, 0.25) is 10.0 Å². The molecule has 24 heavy (non-hydrogen) atoms. The fraction of sp³-hybridized carbons (Fsp3) is 0.231. The summed E-state index contributed by atoms with van der Waals surface area (Å²) in [7, 11) is -7.26. The topological polar surface area (TPSA) is 132 Å². The van der Waals surface area contributed by atoms with E-state index in [4.69, 9.17) is 16.7 Å². The summed E-state index contributed by atoms with van der Waals surface area (Å²) < 4.78 is 46.8. The molecule has 0 aliphatic heterocycles. The minimum absolute atomic E-state index is 0.0390. The van der Waals surface area contributed by atoms with Crippen molar-refractivity contribution in [2.24, 2.45) is 5.14 Å². The van der Waals surface area contributed by atoms with Crippen LogP contribution in [0.25, 0.3) is 0 Å². The monoisotopic (exact) mass is 390 g/mol. The molecule has 0 spiro atoms. The first kappa shape index (κ1) is 18.6. The average Bonchev–Trinajstić information content (AvgIpc) is 2.48. The highest BCUT2D eigenvalue weighted by Gasteiger charge is 2.16. The number of sulfone groups is 1. The molecule has 0 atom stereocenters. The van der Waals surface area contributed by atoms with Crippen LogP contribution in [-0.4, -0.2) is 32.6 Å². The van der Waals surface area contributed by atoms with Gasteiger partial charge in [-0.05, 0) is 17.7 Å². The number of rotatable bonds is 6. The van der Waals surface area contributed by atoms with Gasteiger partial charge in [0.05, 0.1) is 10.6 Å². The van der Waals surface area contributed by atoms with E-state index in [-0.39, 0.29) is 33.1 Å². The molecule has 0 unspecified atom stereocenters. The highest BCUT2D eigenvalue weighted by molar-refractivity contribution is 7.90. The van der Waals surface area contributed by atoms with Gasteiger partial charge in [-0.1, -0.05) is 24.6 Å². The number of nitrogens with two attached hydrogens (primary N) is 1. The summed E-state index contributed by atoms with van der Waals surface area (Å²) in [6, 6.07) is 5.33. The van der Waals surface area contributed by atoms with Crippen molar-refractivity contribution < 1.29 is 16.8 Å². The predicted molar refractivity (Wildman–Crippen MR) is 91.3 cm³/mol. The lowest BCUT2D eigenvalue weighted by Crippen LogP contribution is -2.14. The van der Waals surface area contributed by atoms with E-state index >= 15 is 0 Å². The van der Waals surface area contributed by atoms with Gasteiger partial charge in [-0.25, -0.2) is 31.9 Å². The molecule has 11 heteroatoms. The van der Waals surface area contributed by atoms with Gasteiger partial charge in [0.15, 0.2) is 9.84 Å². The first-order valence-corrected chi connectivity index (χ1v) is 10.5. The predicted octanol–water partition coefficient (Wildman–Crippen LogP) is 1.46. The highest BCUT2D eigenvalue weighted by Crippen LogP contribution is 2.26. The number of sulfonamides is 1. The van der Waals surface area contributed by atoms with Crippen LogP contribution >= 0.6 is 11.6 Å². The van der Waals surface area contributed by atoms with E-state index in [0.717, 1.165) is 0 Å². The van der Waals surface area contributed by atoms with E-state index in [0.29, 0.717) is 5.56 Å². The van der Waals surface area contributed by atoms with Crippen LogP contribution in [-0.2, 0) is 25.6 Å². The molecule has 2 aromatic rings. The summed E-state index contributed by atoms with van der Waals surface area (Å²) in [5, 5.41) is 8.16. The van der Waals surface area contributed by atoms with Crippen molar-refractivity contribution in [1.82, 2.24) is 9.97 Å². The largest absolute Gasteiger partial charge is 0.340 e. The average molecular weight is 391 g/mol. The van der Waals surface area contributed by atoms with Crippen LogP contribution in [0.15, 0.2) is 35.5 Å². The number of benzene rings is 1. The van der Waals surface area contributed by atoms with E-state index in [1.165, 1.54) is 37.5 Å². The molecule has 0 amide bonds. The third-order valence-electron chi connectivity index (χ3n) is 3.12. The van der Waals surface area contributed by atoms with Gasteiger partial charge < -0.3 is 5.32 Å². The molecule has 0 saturated heterocycles. The van der Waals surface area contributed by atoms with E-state index in [1.807, 2.05) is 0 Å². The third kappa shape index (κ3) is 4.87. The first-order chi connectivity index (χ1) is 11.1. The van der Waals surface area contributed by atoms with E-state index < -0.39 is 19.9 Å². The van der Waals surface area contributed by atoms with E-state index in [9.17, 15) is 16.8 Å². The number of aromatic nitrogens is 2. The Labute approximate surface area is 145 Å². The molecule has 0 fully saturated rings. The van der Waals surface area contributed by atoms with Crippen molar-refractivity contribution in [3.05, 3.63) is 41.3 Å². The number of hydrogen-bond acceptors (Lipinski definition) is 7. The van der Waals surface area contributed by atoms with Crippen molar-refractivity contribution in [2.75, 3.05) is 11.1 Å². The summed E-state index contributed by atoms with van der Waals surface area (Å²) >= 11 is 5.78. The fourth-order valence-corrected chi connectivity index (χ4v) is 3.47. The van der Waals surface area contributed by atoms with Crippen LogP contribution in [0.4, 0.5) is 11.5 Å². The molecule has 0 aliphatic carbocycles. The first-order valence-electron chi connectivity index (χ1n) is 6.71. The molecular weight excluding hydrogens is 376 g/mol. The standard InChI is InChI=1S/C13H15ClN4O4S2/c1-2-23(19,20)7-9-3-4-10(24(15,21)22)5-11(9)18-13-6-12(14)16-8-17-13/h3-6,8H,2,7H2,1H3,(H2,15,21,22)(H,16,17,18). The van der Waals surface area contributed by atoms with Crippen LogP contribution in [0.1, 0.15) is 12.5 Å². The molecule has 2 rings (SSSR count). The van der Waals surface area contributed by atoms with Crippen LogP contribution in [0.2, 0.25) is 5.15 Å². The van der Waals surface area contributed by atoms with Crippen LogP contribution in [0, 0.1) is 0 Å². The molecule has 130 valence electrons. The van der Waals surface area contributed by atoms with E-state index in [2.05, 4.69) is 15.3 Å². The SMILES string of the molecule is CCS(=O)(=O)Cc1ccc(S(N)(=O)=O)cc1Nc1cc(Cl)ncn1. The fourth-order valence-electron chi connectivity index (χ4n) is 1.85.